The van der Waals surface area contributed by atoms with E-state index in [1.807, 2.05) is 19.9 Å². The molecule has 1 N–H and O–H groups in total. The predicted molar refractivity (Wildman–Crippen MR) is 105 cm³/mol. The first-order valence-electron chi connectivity index (χ1n) is 8.65. The molecule has 3 aromatic rings. The highest BCUT2D eigenvalue weighted by atomic mass is 32.2. The fourth-order valence-corrected chi connectivity index (χ4v) is 5.25. The van der Waals surface area contributed by atoms with Crippen LogP contribution >= 0.6 is 23.1 Å². The molecule has 1 fully saturated rings. The molecule has 26 heavy (non-hydrogen) atoms. The van der Waals surface area contributed by atoms with E-state index in [4.69, 9.17) is 0 Å². The number of hydrogen-bond acceptors (Lipinski definition) is 7. The summed E-state index contributed by atoms with van der Waals surface area (Å²) in [7, 11) is 0. The summed E-state index contributed by atoms with van der Waals surface area (Å²) in [6.45, 7) is 3.85. The van der Waals surface area contributed by atoms with Crippen molar-refractivity contribution >= 4 is 45.2 Å². The Hall–Kier alpha value is -2.06. The highest BCUT2D eigenvalue weighted by Gasteiger charge is 2.19. The fraction of sp³-hybridized carbons (Fsp3) is 0.389. The van der Waals surface area contributed by atoms with E-state index in [2.05, 4.69) is 25.5 Å². The molecule has 4 rings (SSSR count). The number of carbonyl (C=O) groups is 1. The minimum absolute atomic E-state index is 0.208. The first-order chi connectivity index (χ1) is 12.6. The first-order valence-corrected chi connectivity index (χ1v) is 10.3. The highest BCUT2D eigenvalue weighted by molar-refractivity contribution is 8.01. The van der Waals surface area contributed by atoms with Gasteiger partial charge in [0.05, 0.1) is 22.4 Å². The van der Waals surface area contributed by atoms with E-state index in [1.165, 1.54) is 37.0 Å². The molecule has 0 spiro atoms. The Morgan fingerprint density at radius 3 is 2.62 bits per heavy atom. The number of fused-ring (bicyclic) bond motifs is 1. The van der Waals surface area contributed by atoms with Gasteiger partial charge in [-0.25, -0.2) is 9.97 Å². The number of rotatable bonds is 4. The Labute approximate surface area is 159 Å². The van der Waals surface area contributed by atoms with Gasteiger partial charge in [0, 0.05) is 10.8 Å². The summed E-state index contributed by atoms with van der Waals surface area (Å²) in [4.78, 5) is 21.5. The van der Waals surface area contributed by atoms with Gasteiger partial charge >= 0.3 is 0 Å². The lowest BCUT2D eigenvalue weighted by atomic mass is 10.1. The van der Waals surface area contributed by atoms with Gasteiger partial charge in [0.25, 0.3) is 5.91 Å². The molecule has 0 saturated heterocycles. The maximum absolute atomic E-state index is 12.5. The lowest BCUT2D eigenvalue weighted by Gasteiger charge is -2.05. The van der Waals surface area contributed by atoms with Gasteiger partial charge in [-0.15, -0.1) is 10.2 Å². The fourth-order valence-electron chi connectivity index (χ4n) is 3.00. The van der Waals surface area contributed by atoms with E-state index in [0.29, 0.717) is 15.9 Å². The van der Waals surface area contributed by atoms with E-state index >= 15 is 0 Å². The second-order valence-corrected chi connectivity index (χ2v) is 8.97. The van der Waals surface area contributed by atoms with Gasteiger partial charge in [0.1, 0.15) is 0 Å². The zero-order chi connectivity index (χ0) is 18.1. The Kier molecular flexibility index (Phi) is 4.86. The van der Waals surface area contributed by atoms with Gasteiger partial charge in [-0.2, -0.15) is 0 Å². The summed E-state index contributed by atoms with van der Waals surface area (Å²) in [5, 5.41) is 12.3. The predicted octanol–water partition coefficient (Wildman–Crippen LogP) is 4.39. The molecule has 1 aliphatic rings. The number of hydrogen-bond donors (Lipinski definition) is 1. The van der Waals surface area contributed by atoms with Crippen LogP contribution in [0.2, 0.25) is 0 Å². The third-order valence-corrected chi connectivity index (χ3v) is 6.79. The van der Waals surface area contributed by atoms with E-state index in [1.54, 1.807) is 23.9 Å². The molecule has 2 heterocycles. The van der Waals surface area contributed by atoms with Crippen LogP contribution in [0, 0.1) is 13.8 Å². The first kappa shape index (κ1) is 17.4. The van der Waals surface area contributed by atoms with Gasteiger partial charge in [-0.05, 0) is 44.9 Å². The number of anilines is 1. The quantitative estimate of drug-likeness (QED) is 0.671. The van der Waals surface area contributed by atoms with Crippen LogP contribution in [0.5, 0.6) is 0 Å². The number of thioether (sulfide) groups is 1. The molecule has 8 heteroatoms. The minimum atomic E-state index is -0.208. The molecule has 0 aliphatic heterocycles. The summed E-state index contributed by atoms with van der Waals surface area (Å²) in [5.41, 5.74) is 3.81. The van der Waals surface area contributed by atoms with Crippen molar-refractivity contribution in [2.75, 3.05) is 5.32 Å². The Morgan fingerprint density at radius 1 is 1.12 bits per heavy atom. The number of aromatic nitrogens is 4. The average Bonchev–Trinajstić information content (AvgIpc) is 3.28. The van der Waals surface area contributed by atoms with Crippen molar-refractivity contribution in [1.29, 1.82) is 0 Å². The average molecular weight is 386 g/mol. The molecule has 0 radical (unpaired) electrons. The minimum Gasteiger partial charge on any atom is -0.296 e. The van der Waals surface area contributed by atoms with E-state index in [9.17, 15) is 4.79 Å². The molecule has 1 aliphatic carbocycles. The van der Waals surface area contributed by atoms with Crippen LogP contribution in [0.4, 0.5) is 5.13 Å². The Morgan fingerprint density at radius 2 is 1.85 bits per heavy atom. The molecule has 1 aromatic carbocycles. The Bertz CT molecular complexity index is 965. The van der Waals surface area contributed by atoms with Crippen LogP contribution in [-0.2, 0) is 0 Å². The van der Waals surface area contributed by atoms with Crippen LogP contribution in [0.3, 0.4) is 0 Å². The van der Waals surface area contributed by atoms with Crippen molar-refractivity contribution in [1.82, 2.24) is 20.2 Å². The molecule has 0 atom stereocenters. The molecule has 1 amide bonds. The van der Waals surface area contributed by atoms with Crippen LogP contribution in [0.25, 0.3) is 11.0 Å². The van der Waals surface area contributed by atoms with Gasteiger partial charge in [0.2, 0.25) is 5.13 Å². The highest BCUT2D eigenvalue weighted by Crippen LogP contribution is 2.36. The second kappa shape index (κ2) is 7.28. The van der Waals surface area contributed by atoms with Crippen LogP contribution < -0.4 is 5.32 Å². The number of aryl methyl sites for hydroxylation is 2. The zero-order valence-corrected chi connectivity index (χ0v) is 16.3. The number of benzene rings is 1. The third-order valence-electron chi connectivity index (χ3n) is 4.53. The van der Waals surface area contributed by atoms with Crippen molar-refractivity contribution in [2.45, 2.75) is 49.1 Å². The molecule has 6 nitrogen and oxygen atoms in total. The molecule has 2 aromatic heterocycles. The lowest BCUT2D eigenvalue weighted by molar-refractivity contribution is 0.102. The van der Waals surface area contributed by atoms with Crippen molar-refractivity contribution < 1.29 is 4.79 Å². The van der Waals surface area contributed by atoms with Gasteiger partial charge < -0.3 is 0 Å². The lowest BCUT2D eigenvalue weighted by Crippen LogP contribution is -2.11. The summed E-state index contributed by atoms with van der Waals surface area (Å²) in [5.74, 6) is -0.208. The molecule has 0 bridgehead atoms. The third kappa shape index (κ3) is 3.71. The smallest absolute Gasteiger partial charge is 0.257 e. The number of carbonyl (C=O) groups excluding carboxylic acids is 1. The van der Waals surface area contributed by atoms with E-state index < -0.39 is 0 Å². The van der Waals surface area contributed by atoms with E-state index in [0.717, 1.165) is 26.8 Å². The SMILES string of the molecule is Cc1nc2ccc(C(=O)Nc3nnc(SC4CCCC4)s3)cc2nc1C. The molecule has 0 unspecified atom stereocenters. The zero-order valence-electron chi connectivity index (χ0n) is 14.7. The van der Waals surface area contributed by atoms with Crippen molar-refractivity contribution in [3.8, 4) is 0 Å². The van der Waals surface area contributed by atoms with Crippen molar-refractivity contribution in [2.24, 2.45) is 0 Å². The normalized spacial score (nSPS) is 14.8. The van der Waals surface area contributed by atoms with Crippen LogP contribution in [0.15, 0.2) is 22.5 Å². The summed E-state index contributed by atoms with van der Waals surface area (Å²) < 4.78 is 0.919. The second-order valence-electron chi connectivity index (χ2n) is 6.45. The number of amides is 1. The maximum Gasteiger partial charge on any atom is 0.257 e. The van der Waals surface area contributed by atoms with Crippen molar-refractivity contribution in [3.63, 3.8) is 0 Å². The molecular formula is C18H19N5OS2. The van der Waals surface area contributed by atoms with E-state index in [-0.39, 0.29) is 5.91 Å². The van der Waals surface area contributed by atoms with Gasteiger partial charge in [0.15, 0.2) is 4.34 Å². The largest absolute Gasteiger partial charge is 0.296 e. The number of nitrogens with zero attached hydrogens (tertiary/aromatic N) is 4. The topological polar surface area (TPSA) is 80.7 Å². The molecule has 1 saturated carbocycles. The molecular weight excluding hydrogens is 366 g/mol. The molecule has 134 valence electrons. The summed E-state index contributed by atoms with van der Waals surface area (Å²) in [6.07, 6.45) is 5.07. The summed E-state index contributed by atoms with van der Waals surface area (Å²) >= 11 is 3.21. The standard InChI is InChI=1S/C18H19N5OS2/c1-10-11(2)20-15-9-12(7-8-14(15)19-10)16(24)21-17-22-23-18(26-17)25-13-5-3-4-6-13/h7-9,13H,3-6H2,1-2H3,(H,21,22,24). The summed E-state index contributed by atoms with van der Waals surface area (Å²) in [6, 6.07) is 5.35. The monoisotopic (exact) mass is 385 g/mol. The van der Waals surface area contributed by atoms with Gasteiger partial charge in [-0.3, -0.25) is 10.1 Å². The van der Waals surface area contributed by atoms with Gasteiger partial charge in [-0.1, -0.05) is 35.9 Å². The number of nitrogens with one attached hydrogen (secondary N) is 1. The van der Waals surface area contributed by atoms with Crippen molar-refractivity contribution in [3.05, 3.63) is 35.2 Å². The Balaban J connectivity index is 1.48. The van der Waals surface area contributed by atoms with Crippen LogP contribution in [0.1, 0.15) is 47.4 Å². The maximum atomic E-state index is 12.5. The van der Waals surface area contributed by atoms with Crippen LogP contribution in [-0.4, -0.2) is 31.3 Å².